The van der Waals surface area contributed by atoms with Crippen LogP contribution in [0.1, 0.15) is 26.9 Å². The molecule has 0 bridgehead atoms. The van der Waals surface area contributed by atoms with E-state index in [0.29, 0.717) is 10.4 Å². The molecule has 0 amide bonds. The van der Waals surface area contributed by atoms with Gasteiger partial charge in [-0.15, -0.1) is 11.3 Å². The summed E-state index contributed by atoms with van der Waals surface area (Å²) < 4.78 is 0. The molecule has 2 rings (SSSR count). The number of thiophene rings is 1. The average molecular weight is 233 g/mol. The van der Waals surface area contributed by atoms with E-state index in [1.807, 2.05) is 18.4 Å². The van der Waals surface area contributed by atoms with Gasteiger partial charge >= 0.3 is 0 Å². The first-order chi connectivity index (χ1) is 7.68. The van der Waals surface area contributed by atoms with Gasteiger partial charge in [0.25, 0.3) is 0 Å². The van der Waals surface area contributed by atoms with Crippen LogP contribution in [0.3, 0.4) is 0 Å². The van der Waals surface area contributed by atoms with Crippen LogP contribution in [0.25, 0.3) is 0 Å². The van der Waals surface area contributed by atoms with Crippen molar-refractivity contribution in [3.63, 3.8) is 0 Å². The molecule has 4 heteroatoms. The van der Waals surface area contributed by atoms with Gasteiger partial charge in [-0.3, -0.25) is 9.78 Å². The fraction of sp³-hybridized carbons (Fsp3) is 0.167. The zero-order valence-corrected chi connectivity index (χ0v) is 9.57. The Morgan fingerprint density at radius 1 is 1.44 bits per heavy atom. The van der Waals surface area contributed by atoms with Crippen molar-refractivity contribution in [2.45, 2.75) is 13.0 Å². The number of aliphatic hydroxyl groups excluding tert-OH is 1. The van der Waals surface area contributed by atoms with Crippen molar-refractivity contribution in [3.8, 4) is 0 Å². The average Bonchev–Trinajstić information content (AvgIpc) is 2.75. The normalized spacial score (nSPS) is 12.4. The quantitative estimate of drug-likeness (QED) is 0.828. The first-order valence-corrected chi connectivity index (χ1v) is 5.74. The molecule has 0 spiro atoms. The minimum atomic E-state index is -1.07. The van der Waals surface area contributed by atoms with Crippen molar-refractivity contribution in [1.29, 1.82) is 0 Å². The van der Waals surface area contributed by atoms with Crippen LogP contribution in [-0.4, -0.2) is 15.9 Å². The summed E-state index contributed by atoms with van der Waals surface area (Å²) in [7, 11) is 0. The van der Waals surface area contributed by atoms with E-state index in [0.717, 1.165) is 5.56 Å². The predicted molar refractivity (Wildman–Crippen MR) is 62.6 cm³/mol. The maximum absolute atomic E-state index is 11.9. The van der Waals surface area contributed by atoms with Gasteiger partial charge in [0.1, 0.15) is 0 Å². The van der Waals surface area contributed by atoms with Gasteiger partial charge in [0.05, 0.1) is 0 Å². The molecule has 16 heavy (non-hydrogen) atoms. The Morgan fingerprint density at radius 2 is 2.12 bits per heavy atom. The number of carbonyl (C=O) groups is 1. The Balaban J connectivity index is 2.23. The van der Waals surface area contributed by atoms with Crippen LogP contribution in [0.15, 0.2) is 36.0 Å². The molecule has 0 fully saturated rings. The third kappa shape index (κ3) is 2.18. The second-order valence-corrected chi connectivity index (χ2v) is 4.47. The van der Waals surface area contributed by atoms with Gasteiger partial charge in [-0.1, -0.05) is 0 Å². The van der Waals surface area contributed by atoms with Crippen LogP contribution >= 0.6 is 11.3 Å². The summed E-state index contributed by atoms with van der Waals surface area (Å²) in [6.45, 7) is 1.93. The van der Waals surface area contributed by atoms with E-state index in [1.54, 1.807) is 24.5 Å². The highest BCUT2D eigenvalue weighted by Gasteiger charge is 2.20. The van der Waals surface area contributed by atoms with Gasteiger partial charge in [-0.25, -0.2) is 0 Å². The lowest BCUT2D eigenvalue weighted by molar-refractivity contribution is 0.0753. The molecule has 82 valence electrons. The van der Waals surface area contributed by atoms with Crippen molar-refractivity contribution < 1.29 is 9.90 Å². The number of ketones is 1. The maximum Gasteiger partial charge on any atom is 0.196 e. The number of aryl methyl sites for hydroxylation is 1. The van der Waals surface area contributed by atoms with Crippen LogP contribution in [0.4, 0.5) is 0 Å². The Labute approximate surface area is 97.4 Å². The highest BCUT2D eigenvalue weighted by atomic mass is 32.1. The monoisotopic (exact) mass is 233 g/mol. The summed E-state index contributed by atoms with van der Waals surface area (Å²) >= 11 is 1.39. The third-order valence-corrected chi connectivity index (χ3v) is 3.34. The molecule has 1 N–H and O–H groups in total. The van der Waals surface area contributed by atoms with E-state index >= 15 is 0 Å². The molecular weight excluding hydrogens is 222 g/mol. The molecule has 2 aromatic heterocycles. The molecule has 0 aliphatic rings. The maximum atomic E-state index is 11.9. The van der Waals surface area contributed by atoms with E-state index in [4.69, 9.17) is 0 Å². The fourth-order valence-electron chi connectivity index (χ4n) is 1.40. The van der Waals surface area contributed by atoms with Crippen molar-refractivity contribution in [1.82, 2.24) is 4.98 Å². The standard InChI is InChI=1S/C12H11NO2S/c1-8-6-10(16-7-8)12(15)11(14)9-2-4-13-5-3-9/h2-7,12,15H,1H3. The number of Topliss-reactive ketones (excluding diaryl/α,β-unsaturated/α-hetero) is 1. The number of aromatic nitrogens is 1. The van der Waals surface area contributed by atoms with Gasteiger partial charge < -0.3 is 5.11 Å². The molecule has 0 aliphatic heterocycles. The van der Waals surface area contributed by atoms with E-state index in [9.17, 15) is 9.90 Å². The molecule has 0 aromatic carbocycles. The molecule has 2 aromatic rings. The number of rotatable bonds is 3. The number of hydrogen-bond donors (Lipinski definition) is 1. The highest BCUT2D eigenvalue weighted by Crippen LogP contribution is 2.24. The summed E-state index contributed by atoms with van der Waals surface area (Å²) in [5.41, 5.74) is 1.54. The molecule has 3 nitrogen and oxygen atoms in total. The Bertz CT molecular complexity index is 493. The van der Waals surface area contributed by atoms with Crippen molar-refractivity contribution in [3.05, 3.63) is 52.0 Å². The number of aliphatic hydroxyl groups is 1. The first kappa shape index (κ1) is 11.0. The predicted octanol–water partition coefficient (Wildman–Crippen LogP) is 2.37. The highest BCUT2D eigenvalue weighted by molar-refractivity contribution is 7.10. The lowest BCUT2D eigenvalue weighted by Crippen LogP contribution is -2.10. The van der Waals surface area contributed by atoms with Crippen molar-refractivity contribution in [2.24, 2.45) is 0 Å². The van der Waals surface area contributed by atoms with Gasteiger partial charge in [0, 0.05) is 22.8 Å². The Kier molecular flexibility index (Phi) is 3.12. The van der Waals surface area contributed by atoms with Crippen LogP contribution < -0.4 is 0 Å². The van der Waals surface area contributed by atoms with Crippen LogP contribution in [0.5, 0.6) is 0 Å². The number of hydrogen-bond acceptors (Lipinski definition) is 4. The summed E-state index contributed by atoms with van der Waals surface area (Å²) in [5.74, 6) is -0.288. The van der Waals surface area contributed by atoms with Gasteiger partial charge in [0.2, 0.25) is 0 Å². The van der Waals surface area contributed by atoms with Crippen molar-refractivity contribution >= 4 is 17.1 Å². The van der Waals surface area contributed by atoms with E-state index in [2.05, 4.69) is 4.98 Å². The number of nitrogens with zero attached hydrogens (tertiary/aromatic N) is 1. The Morgan fingerprint density at radius 3 is 2.69 bits per heavy atom. The number of carbonyl (C=O) groups excluding carboxylic acids is 1. The lowest BCUT2D eigenvalue weighted by Gasteiger charge is -2.06. The van der Waals surface area contributed by atoms with Crippen LogP contribution in [0, 0.1) is 6.92 Å². The van der Waals surface area contributed by atoms with Crippen molar-refractivity contribution in [2.75, 3.05) is 0 Å². The molecule has 2 heterocycles. The zero-order chi connectivity index (χ0) is 11.5. The second-order valence-electron chi connectivity index (χ2n) is 3.53. The topological polar surface area (TPSA) is 50.2 Å². The molecule has 0 radical (unpaired) electrons. The third-order valence-electron chi connectivity index (χ3n) is 2.23. The van der Waals surface area contributed by atoms with E-state index in [1.165, 1.54) is 11.3 Å². The molecular formula is C12H11NO2S. The lowest BCUT2D eigenvalue weighted by atomic mass is 10.1. The van der Waals surface area contributed by atoms with Crippen LogP contribution in [0.2, 0.25) is 0 Å². The summed E-state index contributed by atoms with van der Waals surface area (Å²) in [6.07, 6.45) is 2.01. The minimum absolute atomic E-state index is 0.288. The summed E-state index contributed by atoms with van der Waals surface area (Å²) in [4.78, 5) is 16.4. The summed E-state index contributed by atoms with van der Waals surface area (Å²) in [5, 5.41) is 11.8. The second kappa shape index (κ2) is 4.55. The van der Waals surface area contributed by atoms with Gasteiger partial charge in [-0.2, -0.15) is 0 Å². The molecule has 1 atom stereocenters. The van der Waals surface area contributed by atoms with E-state index in [-0.39, 0.29) is 5.78 Å². The van der Waals surface area contributed by atoms with Crippen LogP contribution in [-0.2, 0) is 0 Å². The minimum Gasteiger partial charge on any atom is -0.379 e. The largest absolute Gasteiger partial charge is 0.379 e. The smallest absolute Gasteiger partial charge is 0.196 e. The summed E-state index contributed by atoms with van der Waals surface area (Å²) in [6, 6.07) is 5.03. The van der Waals surface area contributed by atoms with Gasteiger partial charge in [0.15, 0.2) is 11.9 Å². The van der Waals surface area contributed by atoms with Gasteiger partial charge in [-0.05, 0) is 36.1 Å². The fourth-order valence-corrected chi connectivity index (χ4v) is 2.28. The zero-order valence-electron chi connectivity index (χ0n) is 8.75. The number of pyridine rings is 1. The molecule has 0 aliphatic carbocycles. The Hall–Kier alpha value is -1.52. The first-order valence-electron chi connectivity index (χ1n) is 4.86. The van der Waals surface area contributed by atoms with E-state index < -0.39 is 6.10 Å². The molecule has 0 saturated heterocycles. The molecule has 0 saturated carbocycles. The SMILES string of the molecule is Cc1csc(C(O)C(=O)c2ccncc2)c1. The molecule has 1 unspecified atom stereocenters.